The third-order valence-corrected chi connectivity index (χ3v) is 5.18. The maximum Gasteiger partial charge on any atom is 0.335 e. The number of imide groups is 2. The summed E-state index contributed by atoms with van der Waals surface area (Å²) in [5, 5.41) is 2.56. The third kappa shape index (κ3) is 5.13. The summed E-state index contributed by atoms with van der Waals surface area (Å²) >= 11 is 6.07. The lowest BCUT2D eigenvalue weighted by atomic mass is 10.0. The molecule has 1 fully saturated rings. The summed E-state index contributed by atoms with van der Waals surface area (Å²) in [4.78, 5) is 39.3. The number of anilines is 1. The number of benzene rings is 2. The summed E-state index contributed by atoms with van der Waals surface area (Å²) in [6.07, 6.45) is 8.85. The van der Waals surface area contributed by atoms with Crippen LogP contribution in [0.2, 0.25) is 5.02 Å². The molecule has 0 bridgehead atoms. The Labute approximate surface area is 203 Å². The van der Waals surface area contributed by atoms with Gasteiger partial charge in [0, 0.05) is 10.6 Å². The minimum absolute atomic E-state index is 0.0433. The molecule has 1 aliphatic heterocycles. The van der Waals surface area contributed by atoms with Crippen LogP contribution in [0.15, 0.2) is 48.6 Å². The highest BCUT2D eigenvalue weighted by Gasteiger charge is 2.37. The van der Waals surface area contributed by atoms with Crippen molar-refractivity contribution in [3.8, 4) is 23.8 Å². The number of barbiturate groups is 1. The monoisotopic (exact) mass is 478 g/mol. The fourth-order valence-electron chi connectivity index (χ4n) is 3.48. The second kappa shape index (κ2) is 10.7. The Morgan fingerprint density at radius 2 is 1.97 bits per heavy atom. The first-order valence-corrected chi connectivity index (χ1v) is 10.8. The van der Waals surface area contributed by atoms with Gasteiger partial charge >= 0.3 is 6.03 Å². The van der Waals surface area contributed by atoms with E-state index in [0.717, 1.165) is 4.90 Å². The number of halogens is 1. The average molecular weight is 479 g/mol. The number of ether oxygens (including phenoxy) is 2. The lowest BCUT2D eigenvalue weighted by molar-refractivity contribution is -0.122. The zero-order valence-corrected chi connectivity index (χ0v) is 19.6. The molecule has 2 aromatic rings. The Morgan fingerprint density at radius 1 is 1.21 bits per heavy atom. The molecule has 0 unspecified atom stereocenters. The molecule has 8 heteroatoms. The Bertz CT molecular complexity index is 1240. The topological polar surface area (TPSA) is 84.9 Å². The maximum absolute atomic E-state index is 13.3. The van der Waals surface area contributed by atoms with E-state index in [9.17, 15) is 14.4 Å². The molecule has 0 aromatic heterocycles. The van der Waals surface area contributed by atoms with E-state index < -0.39 is 17.8 Å². The van der Waals surface area contributed by atoms with Gasteiger partial charge in [-0.05, 0) is 61.7 Å². The zero-order chi connectivity index (χ0) is 24.8. The van der Waals surface area contributed by atoms with Crippen molar-refractivity contribution in [1.29, 1.82) is 0 Å². The molecule has 1 saturated heterocycles. The molecule has 1 N–H and O–H groups in total. The number of allylic oxidation sites excluding steroid dienone is 1. The van der Waals surface area contributed by atoms with Crippen molar-refractivity contribution in [3.63, 3.8) is 0 Å². The highest BCUT2D eigenvalue weighted by molar-refractivity contribution is 6.39. The van der Waals surface area contributed by atoms with E-state index in [1.54, 1.807) is 37.3 Å². The van der Waals surface area contributed by atoms with E-state index in [4.69, 9.17) is 27.5 Å². The summed E-state index contributed by atoms with van der Waals surface area (Å²) in [6.45, 7) is 7.72. The smallest absolute Gasteiger partial charge is 0.335 e. The number of aryl methyl sites for hydroxylation is 1. The molecule has 3 rings (SSSR count). The molecule has 174 valence electrons. The van der Waals surface area contributed by atoms with Crippen LogP contribution in [-0.2, 0) is 16.0 Å². The predicted octanol–water partition coefficient (Wildman–Crippen LogP) is 4.45. The van der Waals surface area contributed by atoms with Crippen LogP contribution in [0.3, 0.4) is 0 Å². The van der Waals surface area contributed by atoms with E-state index >= 15 is 0 Å². The van der Waals surface area contributed by atoms with Crippen LogP contribution in [0.1, 0.15) is 23.6 Å². The van der Waals surface area contributed by atoms with Crippen LogP contribution in [0.4, 0.5) is 10.5 Å². The number of rotatable bonds is 8. The van der Waals surface area contributed by atoms with Gasteiger partial charge in [0.1, 0.15) is 12.2 Å². The molecule has 1 heterocycles. The van der Waals surface area contributed by atoms with E-state index in [1.807, 2.05) is 6.92 Å². The molecule has 34 heavy (non-hydrogen) atoms. The second-order valence-electron chi connectivity index (χ2n) is 7.31. The third-order valence-electron chi connectivity index (χ3n) is 4.94. The molecule has 1 aliphatic rings. The molecular weight excluding hydrogens is 456 g/mol. The minimum atomic E-state index is -0.849. The molecule has 0 spiro atoms. The van der Waals surface area contributed by atoms with Gasteiger partial charge in [0.2, 0.25) is 0 Å². The standard InChI is InChI=1S/C26H23ClN2O5/c1-5-8-18-12-17(14-22(33-7-3)23(18)34-11-6-2)13-20-24(30)28-26(32)29(25(20)31)21-15-19(27)10-9-16(21)4/h2,5,9-10,12-15H,1,7-8,11H2,3-4H3,(H,28,30,32)/b20-13+. The fourth-order valence-corrected chi connectivity index (χ4v) is 3.65. The summed E-state index contributed by atoms with van der Waals surface area (Å²) in [7, 11) is 0. The van der Waals surface area contributed by atoms with Gasteiger partial charge in [-0.2, -0.15) is 0 Å². The summed E-state index contributed by atoms with van der Waals surface area (Å²) in [5.41, 5.74) is 1.93. The van der Waals surface area contributed by atoms with Crippen molar-refractivity contribution in [3.05, 3.63) is 70.3 Å². The van der Waals surface area contributed by atoms with E-state index in [1.165, 1.54) is 12.1 Å². The number of carbonyl (C=O) groups is 3. The highest BCUT2D eigenvalue weighted by Crippen LogP contribution is 2.35. The SMILES string of the molecule is C#CCOc1c(CC=C)cc(/C=C2\C(=O)NC(=O)N(c3cc(Cl)ccc3C)C2=O)cc1OCC. The molecule has 4 amide bonds. The van der Waals surface area contributed by atoms with Crippen LogP contribution in [-0.4, -0.2) is 31.1 Å². The molecule has 7 nitrogen and oxygen atoms in total. The number of terminal acetylenes is 1. The second-order valence-corrected chi connectivity index (χ2v) is 7.75. The van der Waals surface area contributed by atoms with Gasteiger partial charge in [0.25, 0.3) is 11.8 Å². The number of nitrogens with one attached hydrogen (secondary N) is 1. The first-order chi connectivity index (χ1) is 16.3. The Morgan fingerprint density at radius 3 is 2.65 bits per heavy atom. The van der Waals surface area contributed by atoms with Gasteiger partial charge < -0.3 is 9.47 Å². The van der Waals surface area contributed by atoms with Gasteiger partial charge in [-0.25, -0.2) is 9.69 Å². The van der Waals surface area contributed by atoms with E-state index in [2.05, 4.69) is 17.8 Å². The fraction of sp³-hybridized carbons (Fsp3) is 0.192. The van der Waals surface area contributed by atoms with Gasteiger partial charge in [0.05, 0.1) is 12.3 Å². The predicted molar refractivity (Wildman–Crippen MR) is 131 cm³/mol. The van der Waals surface area contributed by atoms with Crippen LogP contribution in [0.5, 0.6) is 11.5 Å². The van der Waals surface area contributed by atoms with E-state index in [-0.39, 0.29) is 17.9 Å². The van der Waals surface area contributed by atoms with Crippen molar-refractivity contribution in [2.75, 3.05) is 18.1 Å². The van der Waals surface area contributed by atoms with Crippen molar-refractivity contribution >= 4 is 41.2 Å². The van der Waals surface area contributed by atoms with Crippen LogP contribution in [0, 0.1) is 19.3 Å². The largest absolute Gasteiger partial charge is 0.490 e. The van der Waals surface area contributed by atoms with Crippen LogP contribution < -0.4 is 19.7 Å². The number of nitrogens with zero attached hydrogens (tertiary/aromatic N) is 1. The first kappa shape index (κ1) is 24.6. The summed E-state index contributed by atoms with van der Waals surface area (Å²) < 4.78 is 11.4. The lowest BCUT2D eigenvalue weighted by Crippen LogP contribution is -2.54. The minimum Gasteiger partial charge on any atom is -0.490 e. The first-order valence-electron chi connectivity index (χ1n) is 10.4. The normalized spacial score (nSPS) is 14.6. The number of carbonyl (C=O) groups excluding carboxylic acids is 3. The highest BCUT2D eigenvalue weighted by atomic mass is 35.5. The maximum atomic E-state index is 13.3. The summed E-state index contributed by atoms with van der Waals surface area (Å²) in [5.74, 6) is 1.72. The average Bonchev–Trinajstić information content (AvgIpc) is 2.78. The molecule has 0 atom stereocenters. The van der Waals surface area contributed by atoms with Gasteiger partial charge in [-0.1, -0.05) is 29.7 Å². The van der Waals surface area contributed by atoms with Crippen molar-refractivity contribution < 1.29 is 23.9 Å². The Hall–Kier alpha value is -4.02. The molecular formula is C26H23ClN2O5. The van der Waals surface area contributed by atoms with Gasteiger partial charge in [-0.3, -0.25) is 14.9 Å². The number of urea groups is 1. The van der Waals surface area contributed by atoms with Gasteiger partial charge in [0.15, 0.2) is 11.5 Å². The summed E-state index contributed by atoms with van der Waals surface area (Å²) in [6, 6.07) is 7.36. The van der Waals surface area contributed by atoms with Crippen molar-refractivity contribution in [1.82, 2.24) is 5.32 Å². The quantitative estimate of drug-likeness (QED) is 0.262. The molecule has 0 radical (unpaired) electrons. The molecule has 0 aliphatic carbocycles. The lowest BCUT2D eigenvalue weighted by Gasteiger charge is -2.27. The van der Waals surface area contributed by atoms with Crippen LogP contribution >= 0.6 is 11.6 Å². The number of amides is 4. The van der Waals surface area contributed by atoms with Crippen LogP contribution in [0.25, 0.3) is 6.08 Å². The zero-order valence-electron chi connectivity index (χ0n) is 18.8. The van der Waals surface area contributed by atoms with Crippen molar-refractivity contribution in [2.45, 2.75) is 20.3 Å². The van der Waals surface area contributed by atoms with Crippen molar-refractivity contribution in [2.24, 2.45) is 0 Å². The molecule has 2 aromatic carbocycles. The van der Waals surface area contributed by atoms with E-state index in [0.29, 0.717) is 46.2 Å². The molecule has 0 saturated carbocycles. The number of hydrogen-bond donors (Lipinski definition) is 1. The Kier molecular flexibility index (Phi) is 7.77. The number of hydrogen-bond acceptors (Lipinski definition) is 5. The Balaban J connectivity index is 2.11. The van der Waals surface area contributed by atoms with Gasteiger partial charge in [-0.15, -0.1) is 13.0 Å².